The van der Waals surface area contributed by atoms with Gasteiger partial charge in [-0.1, -0.05) is 65.8 Å². The SMILES string of the molecule is CC1NNC2N=C(SCC(=O)NCc3ccccc3)N(c3ccccc3Cl)C(=N)C12. The zero-order valence-corrected chi connectivity index (χ0v) is 18.0. The minimum atomic E-state index is -0.249. The Hall–Kier alpha value is -2.39. The van der Waals surface area contributed by atoms with Crippen molar-refractivity contribution in [1.82, 2.24) is 16.2 Å². The van der Waals surface area contributed by atoms with Gasteiger partial charge < -0.3 is 5.32 Å². The Bertz CT molecular complexity index is 969. The predicted molar refractivity (Wildman–Crippen MR) is 123 cm³/mol. The molecule has 3 atom stereocenters. The number of nitrogens with zero attached hydrogens (tertiary/aromatic N) is 2. The van der Waals surface area contributed by atoms with E-state index in [4.69, 9.17) is 22.0 Å². The fourth-order valence-corrected chi connectivity index (χ4v) is 4.64. The first-order valence-corrected chi connectivity index (χ1v) is 11.1. The molecule has 2 aliphatic rings. The first-order chi connectivity index (χ1) is 14.5. The van der Waals surface area contributed by atoms with Crippen molar-refractivity contribution in [1.29, 1.82) is 5.41 Å². The number of carbonyl (C=O) groups is 1. The van der Waals surface area contributed by atoms with Crippen molar-refractivity contribution in [3.63, 3.8) is 0 Å². The lowest BCUT2D eigenvalue weighted by Crippen LogP contribution is -2.50. The molecule has 2 aromatic rings. The highest BCUT2D eigenvalue weighted by molar-refractivity contribution is 8.14. The molecular formula is C21H23ClN6OS. The molecule has 9 heteroatoms. The Morgan fingerprint density at radius 1 is 1.20 bits per heavy atom. The molecule has 0 saturated carbocycles. The second-order valence-corrected chi connectivity index (χ2v) is 8.53. The lowest BCUT2D eigenvalue weighted by atomic mass is 9.97. The van der Waals surface area contributed by atoms with Gasteiger partial charge in [0.25, 0.3) is 0 Å². The molecule has 0 bridgehead atoms. The monoisotopic (exact) mass is 442 g/mol. The van der Waals surface area contributed by atoms with Crippen LogP contribution in [0.1, 0.15) is 12.5 Å². The molecule has 3 unspecified atom stereocenters. The Morgan fingerprint density at radius 3 is 2.70 bits per heavy atom. The third kappa shape index (κ3) is 4.37. The quantitative estimate of drug-likeness (QED) is 0.571. The van der Waals surface area contributed by atoms with E-state index in [1.165, 1.54) is 11.8 Å². The molecule has 156 valence electrons. The molecule has 0 aliphatic carbocycles. The zero-order chi connectivity index (χ0) is 21.1. The first-order valence-electron chi connectivity index (χ1n) is 9.70. The summed E-state index contributed by atoms with van der Waals surface area (Å²) >= 11 is 7.74. The summed E-state index contributed by atoms with van der Waals surface area (Å²) in [6, 6.07) is 17.2. The van der Waals surface area contributed by atoms with Crippen molar-refractivity contribution in [3.8, 4) is 0 Å². The maximum absolute atomic E-state index is 12.4. The number of nitrogens with one attached hydrogen (secondary N) is 4. The van der Waals surface area contributed by atoms with Crippen LogP contribution in [0, 0.1) is 11.3 Å². The number of anilines is 1. The van der Waals surface area contributed by atoms with Crippen molar-refractivity contribution in [2.45, 2.75) is 25.7 Å². The van der Waals surface area contributed by atoms with Crippen molar-refractivity contribution in [2.24, 2.45) is 10.9 Å². The molecular weight excluding hydrogens is 420 g/mol. The number of halogens is 1. The van der Waals surface area contributed by atoms with E-state index >= 15 is 0 Å². The smallest absolute Gasteiger partial charge is 0.230 e. The van der Waals surface area contributed by atoms with Crippen LogP contribution in [0.5, 0.6) is 0 Å². The summed E-state index contributed by atoms with van der Waals surface area (Å²) in [7, 11) is 0. The standard InChI is InChI=1S/C21H23ClN6OS/c1-13-18-19(23)28(16-10-6-5-9-15(16)22)21(25-20(18)27-26-13)30-12-17(29)24-11-14-7-3-2-4-8-14/h2-10,13,18,20,23,26-27H,11-12H2,1H3,(H,24,29). The third-order valence-corrected chi connectivity index (χ3v) is 6.37. The Balaban J connectivity index is 1.50. The lowest BCUT2D eigenvalue weighted by molar-refractivity contribution is -0.118. The van der Waals surface area contributed by atoms with Crippen LogP contribution in [0.25, 0.3) is 0 Å². The molecule has 0 aromatic heterocycles. The number of amidine groups is 2. The summed E-state index contributed by atoms with van der Waals surface area (Å²) in [5, 5.41) is 12.9. The predicted octanol–water partition coefficient (Wildman–Crippen LogP) is 2.98. The topological polar surface area (TPSA) is 92.6 Å². The van der Waals surface area contributed by atoms with Crippen molar-refractivity contribution >= 4 is 46.0 Å². The lowest BCUT2D eigenvalue weighted by Gasteiger charge is -2.36. The summed E-state index contributed by atoms with van der Waals surface area (Å²) in [5.41, 5.74) is 8.03. The number of hydrogen-bond donors (Lipinski definition) is 4. The van der Waals surface area contributed by atoms with Gasteiger partial charge >= 0.3 is 0 Å². The van der Waals surface area contributed by atoms with Crippen LogP contribution in [0.3, 0.4) is 0 Å². The summed E-state index contributed by atoms with van der Waals surface area (Å²) in [5.74, 6) is 0.378. The summed E-state index contributed by atoms with van der Waals surface area (Å²) in [6.07, 6.45) is -0.249. The highest BCUT2D eigenvalue weighted by atomic mass is 35.5. The number of aliphatic imine (C=N–C) groups is 1. The van der Waals surface area contributed by atoms with Gasteiger partial charge in [-0.3, -0.25) is 20.5 Å². The Kier molecular flexibility index (Phi) is 6.38. The molecule has 2 heterocycles. The molecule has 0 spiro atoms. The average Bonchev–Trinajstić information content (AvgIpc) is 3.13. The van der Waals surface area contributed by atoms with Gasteiger partial charge in [-0.25, -0.2) is 10.4 Å². The molecule has 2 aromatic carbocycles. The first kappa shape index (κ1) is 20.9. The summed E-state index contributed by atoms with van der Waals surface area (Å²) in [4.78, 5) is 19.0. The largest absolute Gasteiger partial charge is 0.351 e. The van der Waals surface area contributed by atoms with Crippen molar-refractivity contribution in [3.05, 3.63) is 65.2 Å². The van der Waals surface area contributed by atoms with E-state index in [0.29, 0.717) is 28.3 Å². The average molecular weight is 443 g/mol. The van der Waals surface area contributed by atoms with Crippen LogP contribution >= 0.6 is 23.4 Å². The second-order valence-electron chi connectivity index (χ2n) is 7.18. The molecule has 4 N–H and O–H groups in total. The van der Waals surface area contributed by atoms with Gasteiger partial charge in [-0.15, -0.1) is 0 Å². The highest BCUT2D eigenvalue weighted by Crippen LogP contribution is 2.34. The van der Waals surface area contributed by atoms with Gasteiger partial charge in [-0.05, 0) is 24.6 Å². The van der Waals surface area contributed by atoms with Crippen molar-refractivity contribution < 1.29 is 4.79 Å². The number of hydrogen-bond acceptors (Lipinski definition) is 6. The molecule has 4 rings (SSSR count). The zero-order valence-electron chi connectivity index (χ0n) is 16.4. The number of rotatable bonds is 5. The van der Waals surface area contributed by atoms with Crippen molar-refractivity contribution in [2.75, 3.05) is 10.7 Å². The molecule has 0 radical (unpaired) electrons. The van der Waals surface area contributed by atoms with Gasteiger partial charge in [0.05, 0.1) is 22.4 Å². The summed E-state index contributed by atoms with van der Waals surface area (Å²) in [6.45, 7) is 2.49. The van der Waals surface area contributed by atoms with E-state index in [-0.39, 0.29) is 29.8 Å². The van der Waals surface area contributed by atoms with E-state index in [1.807, 2.05) is 55.5 Å². The molecule has 7 nitrogen and oxygen atoms in total. The van der Waals surface area contributed by atoms with E-state index in [0.717, 1.165) is 5.56 Å². The van der Waals surface area contributed by atoms with Crippen LogP contribution in [-0.4, -0.2) is 34.9 Å². The van der Waals surface area contributed by atoms with E-state index in [2.05, 4.69) is 16.2 Å². The normalized spacial score (nSPS) is 23.1. The van der Waals surface area contributed by atoms with E-state index in [1.54, 1.807) is 11.0 Å². The molecule has 1 saturated heterocycles. The number of thioether (sulfide) groups is 1. The Morgan fingerprint density at radius 2 is 1.93 bits per heavy atom. The number of hydrazine groups is 1. The van der Waals surface area contributed by atoms with Crippen LogP contribution in [0.4, 0.5) is 5.69 Å². The molecule has 1 amide bonds. The number of amides is 1. The summed E-state index contributed by atoms with van der Waals surface area (Å²) < 4.78 is 0. The second kappa shape index (κ2) is 9.18. The highest BCUT2D eigenvalue weighted by Gasteiger charge is 2.44. The fraction of sp³-hybridized carbons (Fsp3) is 0.286. The van der Waals surface area contributed by atoms with Crippen LogP contribution in [-0.2, 0) is 11.3 Å². The minimum Gasteiger partial charge on any atom is -0.351 e. The number of benzene rings is 2. The number of carbonyl (C=O) groups excluding carboxylic acids is 1. The van der Waals surface area contributed by atoms with Gasteiger partial charge in [0.15, 0.2) is 5.17 Å². The van der Waals surface area contributed by atoms with Crippen LogP contribution in [0.2, 0.25) is 5.02 Å². The minimum absolute atomic E-state index is 0.0527. The van der Waals surface area contributed by atoms with Crippen LogP contribution in [0.15, 0.2) is 59.6 Å². The van der Waals surface area contributed by atoms with Crippen LogP contribution < -0.4 is 21.1 Å². The maximum atomic E-state index is 12.4. The number of para-hydroxylation sites is 1. The Labute approximate surface area is 184 Å². The molecule has 2 aliphatic heterocycles. The maximum Gasteiger partial charge on any atom is 0.230 e. The fourth-order valence-electron chi connectivity index (χ4n) is 3.54. The van der Waals surface area contributed by atoms with Gasteiger partial charge in [0.1, 0.15) is 12.0 Å². The third-order valence-electron chi connectivity index (χ3n) is 5.09. The van der Waals surface area contributed by atoms with E-state index < -0.39 is 0 Å². The van der Waals surface area contributed by atoms with Gasteiger partial charge in [0.2, 0.25) is 5.91 Å². The molecule has 1 fully saturated rings. The molecule has 30 heavy (non-hydrogen) atoms. The van der Waals surface area contributed by atoms with Gasteiger partial charge in [-0.2, -0.15) is 0 Å². The van der Waals surface area contributed by atoms with E-state index in [9.17, 15) is 4.79 Å². The van der Waals surface area contributed by atoms with Gasteiger partial charge in [0, 0.05) is 12.6 Å². The number of fused-ring (bicyclic) bond motifs is 1.